The summed E-state index contributed by atoms with van der Waals surface area (Å²) in [5.41, 5.74) is 7.55. The largest absolute Gasteiger partial charge is 0.396 e. The van der Waals surface area contributed by atoms with E-state index < -0.39 is 5.41 Å². The number of carbonyl (C=O) groups excluding carboxylic acids is 2. The lowest BCUT2D eigenvalue weighted by Crippen LogP contribution is -2.43. The monoisotopic (exact) mass is 356 g/mol. The first-order valence-electron chi connectivity index (χ1n) is 9.31. The van der Waals surface area contributed by atoms with E-state index in [-0.39, 0.29) is 28.8 Å². The van der Waals surface area contributed by atoms with Gasteiger partial charge in [-0.3, -0.25) is 9.59 Å². The van der Waals surface area contributed by atoms with Crippen molar-refractivity contribution < 1.29 is 14.0 Å². The molecule has 4 rings (SSSR count). The molecule has 1 aliphatic heterocycles. The number of rotatable bonds is 1. The lowest BCUT2D eigenvalue weighted by atomic mass is 9.65. The molecule has 0 bridgehead atoms. The predicted octanol–water partition coefficient (Wildman–Crippen LogP) is 2.92. The number of benzene rings is 1. The molecular formula is C21H25FN2O2. The van der Waals surface area contributed by atoms with Gasteiger partial charge in [-0.25, -0.2) is 4.39 Å². The van der Waals surface area contributed by atoms with Gasteiger partial charge in [0.05, 0.1) is 11.6 Å². The number of nitrogens with zero attached hydrogens (tertiary/aromatic N) is 1. The van der Waals surface area contributed by atoms with Crippen molar-refractivity contribution >= 4 is 11.7 Å². The van der Waals surface area contributed by atoms with Crippen molar-refractivity contribution in [3.8, 4) is 0 Å². The summed E-state index contributed by atoms with van der Waals surface area (Å²) in [5.74, 6) is -0.305. The normalized spacial score (nSPS) is 29.8. The van der Waals surface area contributed by atoms with Crippen LogP contribution in [0.1, 0.15) is 50.2 Å². The Morgan fingerprint density at radius 1 is 1.35 bits per heavy atom. The molecule has 2 N–H and O–H groups in total. The standard InChI is InChI=1S/C21H25FN2O2/c1-20(2)11-21(10-17(23)18(20)25)7-8-24(12-21)19(26)16-5-3-13-9-14(22)4-6-15(13)16/h4,6,9-10,16H,3,5,7-8,11-12,23H2,1-2H3/t16?,21-/m1/s1. The number of likely N-dealkylation sites (tertiary alicyclic amines) is 1. The van der Waals surface area contributed by atoms with Crippen molar-refractivity contribution in [3.63, 3.8) is 0 Å². The predicted molar refractivity (Wildman–Crippen MR) is 96.8 cm³/mol. The molecule has 4 nitrogen and oxygen atoms in total. The fourth-order valence-electron chi connectivity index (χ4n) is 5.21. The molecule has 2 atom stereocenters. The summed E-state index contributed by atoms with van der Waals surface area (Å²) in [6, 6.07) is 4.74. The Morgan fingerprint density at radius 2 is 2.12 bits per heavy atom. The topological polar surface area (TPSA) is 63.4 Å². The Labute approximate surface area is 153 Å². The zero-order valence-corrected chi connectivity index (χ0v) is 15.3. The molecule has 1 amide bonds. The number of carbonyl (C=O) groups is 2. The van der Waals surface area contributed by atoms with Crippen molar-refractivity contribution in [1.82, 2.24) is 4.90 Å². The number of amides is 1. The van der Waals surface area contributed by atoms with Crippen molar-refractivity contribution in [2.75, 3.05) is 13.1 Å². The molecule has 138 valence electrons. The average molecular weight is 356 g/mol. The number of ketones is 1. The van der Waals surface area contributed by atoms with Crippen LogP contribution in [-0.2, 0) is 16.0 Å². The van der Waals surface area contributed by atoms with Gasteiger partial charge in [0, 0.05) is 23.9 Å². The van der Waals surface area contributed by atoms with Crippen LogP contribution in [0.3, 0.4) is 0 Å². The summed E-state index contributed by atoms with van der Waals surface area (Å²) in [6.07, 6.45) is 4.93. The van der Waals surface area contributed by atoms with E-state index in [1.807, 2.05) is 24.8 Å². The minimum atomic E-state index is -0.491. The van der Waals surface area contributed by atoms with Crippen LogP contribution in [0.25, 0.3) is 0 Å². The maximum absolute atomic E-state index is 13.4. The zero-order chi connectivity index (χ0) is 18.7. The van der Waals surface area contributed by atoms with Crippen molar-refractivity contribution in [1.29, 1.82) is 0 Å². The highest BCUT2D eigenvalue weighted by Crippen LogP contribution is 2.48. The second-order valence-electron chi connectivity index (χ2n) is 8.80. The van der Waals surface area contributed by atoms with Crippen molar-refractivity contribution in [2.45, 2.75) is 45.4 Å². The number of halogens is 1. The molecule has 2 aliphatic carbocycles. The van der Waals surface area contributed by atoms with Gasteiger partial charge < -0.3 is 10.6 Å². The minimum absolute atomic E-state index is 0.000326. The van der Waals surface area contributed by atoms with Crippen LogP contribution in [0.5, 0.6) is 0 Å². The molecule has 1 heterocycles. The van der Waals surface area contributed by atoms with Gasteiger partial charge >= 0.3 is 0 Å². The average Bonchev–Trinajstić information content (AvgIpc) is 3.16. The Balaban J connectivity index is 1.55. The molecule has 26 heavy (non-hydrogen) atoms. The number of allylic oxidation sites excluding steroid dienone is 1. The molecule has 5 heteroatoms. The van der Waals surface area contributed by atoms with E-state index in [1.54, 1.807) is 12.1 Å². The third-order valence-electron chi connectivity index (χ3n) is 6.31. The van der Waals surface area contributed by atoms with E-state index in [9.17, 15) is 14.0 Å². The summed E-state index contributed by atoms with van der Waals surface area (Å²) >= 11 is 0. The number of nitrogens with two attached hydrogens (primary N) is 1. The first kappa shape index (κ1) is 17.3. The lowest BCUT2D eigenvalue weighted by molar-refractivity contribution is -0.132. The number of hydrogen-bond donors (Lipinski definition) is 1. The maximum Gasteiger partial charge on any atom is 0.230 e. The number of hydrogen-bond acceptors (Lipinski definition) is 3. The molecule has 0 saturated carbocycles. The summed E-state index contributed by atoms with van der Waals surface area (Å²) < 4.78 is 13.4. The van der Waals surface area contributed by atoms with Gasteiger partial charge in [-0.2, -0.15) is 0 Å². The molecule has 1 unspecified atom stereocenters. The van der Waals surface area contributed by atoms with E-state index in [4.69, 9.17) is 5.73 Å². The van der Waals surface area contributed by atoms with Crippen LogP contribution >= 0.6 is 0 Å². The lowest BCUT2D eigenvalue weighted by Gasteiger charge is -2.39. The summed E-state index contributed by atoms with van der Waals surface area (Å²) in [7, 11) is 0. The molecule has 3 aliphatic rings. The molecular weight excluding hydrogens is 331 g/mol. The first-order chi connectivity index (χ1) is 12.2. The number of Topliss-reactive ketones (excluding diaryl/α,β-unsaturated/α-hetero) is 1. The minimum Gasteiger partial charge on any atom is -0.396 e. The van der Waals surface area contributed by atoms with Gasteiger partial charge in [0.15, 0.2) is 5.78 Å². The first-order valence-corrected chi connectivity index (χ1v) is 9.31. The van der Waals surface area contributed by atoms with E-state index in [0.717, 1.165) is 36.8 Å². The molecule has 1 spiro atoms. The second kappa shape index (κ2) is 5.66. The van der Waals surface area contributed by atoms with Crippen LogP contribution < -0.4 is 5.73 Å². The maximum atomic E-state index is 13.4. The molecule has 1 fully saturated rings. The summed E-state index contributed by atoms with van der Waals surface area (Å²) in [4.78, 5) is 27.3. The number of aryl methyl sites for hydroxylation is 1. The zero-order valence-electron chi connectivity index (χ0n) is 15.3. The highest BCUT2D eigenvalue weighted by molar-refractivity contribution is 5.99. The van der Waals surface area contributed by atoms with Crippen LogP contribution in [0.2, 0.25) is 0 Å². The fourth-order valence-corrected chi connectivity index (χ4v) is 5.21. The smallest absolute Gasteiger partial charge is 0.230 e. The van der Waals surface area contributed by atoms with Crippen LogP contribution in [0.4, 0.5) is 4.39 Å². The molecule has 1 aromatic rings. The molecule has 0 radical (unpaired) electrons. The van der Waals surface area contributed by atoms with Gasteiger partial charge in [0.25, 0.3) is 0 Å². The third kappa shape index (κ3) is 2.65. The highest BCUT2D eigenvalue weighted by atomic mass is 19.1. The molecule has 1 aromatic carbocycles. The molecule has 0 aromatic heterocycles. The van der Waals surface area contributed by atoms with Crippen molar-refractivity contribution in [2.24, 2.45) is 16.6 Å². The van der Waals surface area contributed by atoms with Gasteiger partial charge in [0.2, 0.25) is 5.91 Å². The van der Waals surface area contributed by atoms with Crippen molar-refractivity contribution in [3.05, 3.63) is 46.9 Å². The van der Waals surface area contributed by atoms with Crippen LogP contribution in [0, 0.1) is 16.6 Å². The van der Waals surface area contributed by atoms with E-state index in [1.165, 1.54) is 6.07 Å². The Kier molecular flexibility index (Phi) is 3.76. The second-order valence-corrected chi connectivity index (χ2v) is 8.80. The fraction of sp³-hybridized carbons (Fsp3) is 0.524. The van der Waals surface area contributed by atoms with Gasteiger partial charge in [-0.1, -0.05) is 19.9 Å². The van der Waals surface area contributed by atoms with E-state index in [2.05, 4.69) is 0 Å². The summed E-state index contributed by atoms with van der Waals surface area (Å²) in [6.45, 7) is 5.16. The Hall–Kier alpha value is -2.17. The van der Waals surface area contributed by atoms with E-state index >= 15 is 0 Å². The van der Waals surface area contributed by atoms with Gasteiger partial charge in [-0.15, -0.1) is 0 Å². The highest BCUT2D eigenvalue weighted by Gasteiger charge is 2.49. The Bertz CT molecular complexity index is 829. The Morgan fingerprint density at radius 3 is 2.85 bits per heavy atom. The summed E-state index contributed by atoms with van der Waals surface area (Å²) in [5, 5.41) is 0. The van der Waals surface area contributed by atoms with E-state index in [0.29, 0.717) is 18.8 Å². The van der Waals surface area contributed by atoms with Gasteiger partial charge in [0.1, 0.15) is 5.82 Å². The molecule has 1 saturated heterocycles. The van der Waals surface area contributed by atoms with Gasteiger partial charge in [-0.05, 0) is 55.0 Å². The van der Waals surface area contributed by atoms with Crippen LogP contribution in [-0.4, -0.2) is 29.7 Å². The SMILES string of the molecule is CC1(C)C[C@]2(C=C(N)C1=O)CCN(C(=O)C1CCc3cc(F)ccc31)C2. The number of fused-ring (bicyclic) bond motifs is 1. The quantitative estimate of drug-likeness (QED) is 0.841. The third-order valence-corrected chi connectivity index (χ3v) is 6.31. The van der Waals surface area contributed by atoms with Crippen LogP contribution in [0.15, 0.2) is 30.0 Å².